The summed E-state index contributed by atoms with van der Waals surface area (Å²) in [7, 11) is 1.24. The highest BCUT2D eigenvalue weighted by Crippen LogP contribution is 2.31. The number of hydrogen-bond acceptors (Lipinski definition) is 7. The number of thiophene rings is 1. The predicted molar refractivity (Wildman–Crippen MR) is 72.5 cm³/mol. The third-order valence-corrected chi connectivity index (χ3v) is 4.44. The van der Waals surface area contributed by atoms with E-state index in [1.54, 1.807) is 18.3 Å². The molecule has 0 amide bonds. The number of thiazole rings is 1. The maximum atomic E-state index is 11.8. The first-order chi connectivity index (χ1) is 9.11. The lowest BCUT2D eigenvalue weighted by atomic mass is 10.4. The van der Waals surface area contributed by atoms with Gasteiger partial charge in [-0.3, -0.25) is 0 Å². The number of hydrogen-bond donors (Lipinski definition) is 0. The van der Waals surface area contributed by atoms with Crippen molar-refractivity contribution in [3.63, 3.8) is 0 Å². The molecule has 0 saturated carbocycles. The fourth-order valence-corrected chi connectivity index (χ4v) is 3.10. The Balaban J connectivity index is 2.12. The van der Waals surface area contributed by atoms with Gasteiger partial charge in [-0.25, -0.2) is 14.6 Å². The quantitative estimate of drug-likeness (QED) is 0.811. The van der Waals surface area contributed by atoms with Gasteiger partial charge in [0.25, 0.3) is 0 Å². The molecule has 7 heteroatoms. The first kappa shape index (κ1) is 13.7. The first-order valence-corrected chi connectivity index (χ1v) is 7.06. The lowest BCUT2D eigenvalue weighted by molar-refractivity contribution is -0.144. The molecule has 0 fully saturated rings. The molecule has 0 unspecified atom stereocenters. The van der Waals surface area contributed by atoms with E-state index in [4.69, 9.17) is 4.74 Å². The van der Waals surface area contributed by atoms with Crippen molar-refractivity contribution in [3.8, 4) is 9.88 Å². The van der Waals surface area contributed by atoms with Gasteiger partial charge in [-0.2, -0.15) is 0 Å². The standard InChI is InChI=1S/C12H11NO4S2/c1-7-10(12(15)17-6-9(14)16-2)19-11(13-7)8-4-3-5-18-8/h3-5H,6H2,1-2H3. The molecular formula is C12H11NO4S2. The largest absolute Gasteiger partial charge is 0.466 e. The third-order valence-electron chi connectivity index (χ3n) is 2.26. The van der Waals surface area contributed by atoms with Crippen molar-refractivity contribution in [3.05, 3.63) is 28.1 Å². The van der Waals surface area contributed by atoms with Gasteiger partial charge >= 0.3 is 11.9 Å². The average Bonchev–Trinajstić information content (AvgIpc) is 3.04. The van der Waals surface area contributed by atoms with Crippen LogP contribution in [0.2, 0.25) is 0 Å². The number of methoxy groups -OCH3 is 1. The summed E-state index contributed by atoms with van der Waals surface area (Å²) in [5, 5.41) is 2.72. The van der Waals surface area contributed by atoms with Crippen molar-refractivity contribution < 1.29 is 19.1 Å². The number of aromatic nitrogens is 1. The smallest absolute Gasteiger partial charge is 0.350 e. The average molecular weight is 297 g/mol. The van der Waals surface area contributed by atoms with Crippen LogP contribution in [0.15, 0.2) is 17.5 Å². The molecule has 0 aliphatic carbocycles. The second kappa shape index (κ2) is 5.94. The highest BCUT2D eigenvalue weighted by molar-refractivity contribution is 7.22. The van der Waals surface area contributed by atoms with E-state index >= 15 is 0 Å². The Morgan fingerprint density at radius 2 is 2.21 bits per heavy atom. The van der Waals surface area contributed by atoms with Gasteiger partial charge in [-0.1, -0.05) is 6.07 Å². The van der Waals surface area contributed by atoms with Crippen LogP contribution in [0.25, 0.3) is 9.88 Å². The normalized spacial score (nSPS) is 10.2. The zero-order chi connectivity index (χ0) is 13.8. The van der Waals surface area contributed by atoms with Crippen molar-refractivity contribution in [2.75, 3.05) is 13.7 Å². The van der Waals surface area contributed by atoms with E-state index in [-0.39, 0.29) is 6.61 Å². The molecule has 0 spiro atoms. The van der Waals surface area contributed by atoms with Crippen molar-refractivity contribution >= 4 is 34.6 Å². The molecule has 19 heavy (non-hydrogen) atoms. The van der Waals surface area contributed by atoms with Gasteiger partial charge in [0, 0.05) is 0 Å². The Morgan fingerprint density at radius 1 is 1.42 bits per heavy atom. The zero-order valence-electron chi connectivity index (χ0n) is 10.3. The molecule has 0 atom stereocenters. The fraction of sp³-hybridized carbons (Fsp3) is 0.250. The van der Waals surface area contributed by atoms with E-state index in [1.807, 2.05) is 17.5 Å². The van der Waals surface area contributed by atoms with E-state index in [1.165, 1.54) is 18.4 Å². The van der Waals surface area contributed by atoms with Crippen LogP contribution in [-0.2, 0) is 14.3 Å². The Morgan fingerprint density at radius 3 is 2.84 bits per heavy atom. The molecule has 2 heterocycles. The topological polar surface area (TPSA) is 65.5 Å². The van der Waals surface area contributed by atoms with Crippen molar-refractivity contribution in [1.29, 1.82) is 0 Å². The minimum absolute atomic E-state index is 0.388. The number of nitrogens with zero attached hydrogens (tertiary/aromatic N) is 1. The number of esters is 2. The van der Waals surface area contributed by atoms with Crippen LogP contribution >= 0.6 is 22.7 Å². The third kappa shape index (κ3) is 3.18. The zero-order valence-corrected chi connectivity index (χ0v) is 12.0. The number of carbonyl (C=O) groups excluding carboxylic acids is 2. The van der Waals surface area contributed by atoms with Crippen LogP contribution in [0.1, 0.15) is 15.4 Å². The minimum Gasteiger partial charge on any atom is -0.466 e. The summed E-state index contributed by atoms with van der Waals surface area (Å²) in [4.78, 5) is 28.5. The fourth-order valence-electron chi connectivity index (χ4n) is 1.34. The minimum atomic E-state index is -0.589. The van der Waals surface area contributed by atoms with Gasteiger partial charge in [0.15, 0.2) is 6.61 Å². The molecule has 0 saturated heterocycles. The van der Waals surface area contributed by atoms with E-state index in [9.17, 15) is 9.59 Å². The van der Waals surface area contributed by atoms with Gasteiger partial charge in [-0.15, -0.1) is 22.7 Å². The molecule has 0 aliphatic heterocycles. The van der Waals surface area contributed by atoms with Crippen LogP contribution in [0.3, 0.4) is 0 Å². The van der Waals surface area contributed by atoms with Crippen LogP contribution in [-0.4, -0.2) is 30.6 Å². The van der Waals surface area contributed by atoms with Gasteiger partial charge in [-0.05, 0) is 18.4 Å². The van der Waals surface area contributed by atoms with E-state index < -0.39 is 11.9 Å². The Hall–Kier alpha value is -1.73. The number of aryl methyl sites for hydroxylation is 1. The first-order valence-electron chi connectivity index (χ1n) is 5.37. The summed E-state index contributed by atoms with van der Waals surface area (Å²) in [5.74, 6) is -1.14. The highest BCUT2D eigenvalue weighted by Gasteiger charge is 2.19. The van der Waals surface area contributed by atoms with E-state index in [2.05, 4.69) is 9.72 Å². The summed E-state index contributed by atoms with van der Waals surface area (Å²) in [6, 6.07) is 3.86. The molecule has 2 aromatic rings. The van der Waals surface area contributed by atoms with Crippen molar-refractivity contribution in [2.45, 2.75) is 6.92 Å². The van der Waals surface area contributed by atoms with Crippen LogP contribution in [0.5, 0.6) is 0 Å². The van der Waals surface area contributed by atoms with E-state index in [0.29, 0.717) is 10.6 Å². The SMILES string of the molecule is COC(=O)COC(=O)c1sc(-c2cccs2)nc1C. The molecule has 0 N–H and O–H groups in total. The lowest BCUT2D eigenvalue weighted by Gasteiger charge is -2.01. The van der Waals surface area contributed by atoms with Gasteiger partial charge in [0.2, 0.25) is 0 Å². The van der Waals surface area contributed by atoms with Crippen LogP contribution < -0.4 is 0 Å². The van der Waals surface area contributed by atoms with Crippen LogP contribution in [0, 0.1) is 6.92 Å². The molecule has 0 aromatic carbocycles. The monoisotopic (exact) mass is 297 g/mol. The molecule has 0 radical (unpaired) electrons. The molecular weight excluding hydrogens is 286 g/mol. The summed E-state index contributed by atoms with van der Waals surface area (Å²) in [6.07, 6.45) is 0. The van der Waals surface area contributed by atoms with Gasteiger partial charge < -0.3 is 9.47 Å². The second-order valence-corrected chi connectivity index (χ2v) is 5.51. The highest BCUT2D eigenvalue weighted by atomic mass is 32.1. The Labute approximate surface area is 117 Å². The van der Waals surface area contributed by atoms with Crippen molar-refractivity contribution in [1.82, 2.24) is 4.98 Å². The van der Waals surface area contributed by atoms with Gasteiger partial charge in [0.05, 0.1) is 17.7 Å². The molecule has 100 valence electrons. The molecule has 2 rings (SSSR count). The summed E-state index contributed by atoms with van der Waals surface area (Å²) in [5.41, 5.74) is 0.600. The van der Waals surface area contributed by atoms with E-state index in [0.717, 1.165) is 9.88 Å². The van der Waals surface area contributed by atoms with Gasteiger partial charge in [0.1, 0.15) is 9.88 Å². The molecule has 0 aliphatic rings. The number of ether oxygens (including phenoxy) is 2. The molecule has 5 nitrogen and oxygen atoms in total. The number of carbonyl (C=O) groups is 2. The maximum Gasteiger partial charge on any atom is 0.350 e. The second-order valence-electron chi connectivity index (χ2n) is 3.56. The summed E-state index contributed by atoms with van der Waals surface area (Å²) in [6.45, 7) is 1.35. The summed E-state index contributed by atoms with van der Waals surface area (Å²) >= 11 is 2.81. The molecule has 2 aromatic heterocycles. The summed E-state index contributed by atoms with van der Waals surface area (Å²) < 4.78 is 9.26. The maximum absolute atomic E-state index is 11.8. The molecule has 0 bridgehead atoms. The van der Waals surface area contributed by atoms with Crippen molar-refractivity contribution in [2.24, 2.45) is 0 Å². The van der Waals surface area contributed by atoms with Crippen LogP contribution in [0.4, 0.5) is 0 Å². The number of rotatable bonds is 4. The Bertz CT molecular complexity index is 589. The predicted octanol–water partition coefficient (Wildman–Crippen LogP) is 2.51. The lowest BCUT2D eigenvalue weighted by Crippen LogP contribution is -2.14. The Kier molecular flexibility index (Phi) is 4.28.